The Balaban J connectivity index is 1.62. The van der Waals surface area contributed by atoms with E-state index in [1.54, 1.807) is 36.6 Å². The van der Waals surface area contributed by atoms with Crippen LogP contribution in [0.4, 0.5) is 5.82 Å². The average molecular weight is 414 g/mol. The molecule has 1 saturated heterocycles. The number of amides is 1. The normalized spacial score (nSPS) is 17.5. The molecule has 1 amide bonds. The molecule has 0 saturated carbocycles. The fourth-order valence-electron chi connectivity index (χ4n) is 3.26. The van der Waals surface area contributed by atoms with Gasteiger partial charge < -0.3 is 14.6 Å². The summed E-state index contributed by atoms with van der Waals surface area (Å²) in [5.74, 6) is 0.736. The van der Waals surface area contributed by atoms with E-state index < -0.39 is 5.25 Å². The van der Waals surface area contributed by atoms with Crippen molar-refractivity contribution >= 4 is 34.4 Å². The van der Waals surface area contributed by atoms with Crippen molar-refractivity contribution in [3.63, 3.8) is 0 Å². The summed E-state index contributed by atoms with van der Waals surface area (Å²) >= 11 is 1.24. The zero-order valence-corrected chi connectivity index (χ0v) is 17.1. The van der Waals surface area contributed by atoms with Gasteiger partial charge in [-0.05, 0) is 38.8 Å². The molecule has 1 aliphatic heterocycles. The highest BCUT2D eigenvalue weighted by atomic mass is 32.2. The average Bonchev–Trinajstić information content (AvgIpc) is 3.36. The van der Waals surface area contributed by atoms with E-state index in [9.17, 15) is 9.59 Å². The van der Waals surface area contributed by atoms with Crippen LogP contribution in [0.2, 0.25) is 0 Å². The third kappa shape index (κ3) is 4.35. The molecule has 1 aliphatic rings. The lowest BCUT2D eigenvalue weighted by Gasteiger charge is -2.18. The molecule has 9 heteroatoms. The Morgan fingerprint density at radius 3 is 2.97 bits per heavy atom. The molecule has 1 aromatic carbocycles. The first-order valence-corrected chi connectivity index (χ1v) is 10.4. The predicted molar refractivity (Wildman–Crippen MR) is 110 cm³/mol. The Morgan fingerprint density at radius 2 is 2.24 bits per heavy atom. The van der Waals surface area contributed by atoms with Crippen molar-refractivity contribution in [3.05, 3.63) is 46.4 Å². The minimum atomic E-state index is -0.490. The molecule has 1 fully saturated rings. The van der Waals surface area contributed by atoms with Crippen LogP contribution < -0.4 is 10.9 Å². The molecule has 3 heterocycles. The maximum absolute atomic E-state index is 13.1. The fourth-order valence-corrected chi connectivity index (χ4v) is 4.17. The van der Waals surface area contributed by atoms with Gasteiger partial charge in [-0.1, -0.05) is 29.1 Å². The second kappa shape index (κ2) is 8.38. The van der Waals surface area contributed by atoms with Gasteiger partial charge in [0.05, 0.1) is 28.8 Å². The third-order valence-electron chi connectivity index (χ3n) is 4.77. The molecular weight excluding hydrogens is 392 g/mol. The van der Waals surface area contributed by atoms with Crippen LogP contribution in [0.3, 0.4) is 0 Å². The Hall–Kier alpha value is -2.65. The number of carbonyl (C=O) groups is 1. The van der Waals surface area contributed by atoms with Gasteiger partial charge in [-0.3, -0.25) is 14.2 Å². The lowest BCUT2D eigenvalue weighted by atomic mass is 10.2. The second-order valence-corrected chi connectivity index (χ2v) is 8.34. The topological polar surface area (TPSA) is 99.2 Å². The standard InChI is InChI=1S/C20H22N4O4S/c1-12-10-17(23-28-12)22-18(25)13(2)29-20-21-16-8-4-3-7-15(16)19(26)24(20)11-14-6-5-9-27-14/h3-4,7-8,10,13-14H,5-6,9,11H2,1-2H3,(H,22,23,25)/t13-,14-/m1/s1. The fraction of sp³-hybridized carbons (Fsp3) is 0.400. The van der Waals surface area contributed by atoms with E-state index >= 15 is 0 Å². The van der Waals surface area contributed by atoms with E-state index in [2.05, 4.69) is 15.5 Å². The van der Waals surface area contributed by atoms with Crippen LogP contribution in [0, 0.1) is 6.92 Å². The lowest BCUT2D eigenvalue weighted by Crippen LogP contribution is -2.30. The van der Waals surface area contributed by atoms with Gasteiger partial charge in [0.1, 0.15) is 5.76 Å². The highest BCUT2D eigenvalue weighted by molar-refractivity contribution is 8.00. The molecule has 2 atom stereocenters. The highest BCUT2D eigenvalue weighted by Crippen LogP contribution is 2.25. The minimum absolute atomic E-state index is 0.0164. The first-order valence-electron chi connectivity index (χ1n) is 9.53. The molecule has 3 aromatic rings. The number of carbonyl (C=O) groups excluding carboxylic acids is 1. The number of aryl methyl sites for hydroxylation is 1. The van der Waals surface area contributed by atoms with Crippen molar-refractivity contribution < 1.29 is 14.1 Å². The number of anilines is 1. The zero-order valence-electron chi connectivity index (χ0n) is 16.3. The highest BCUT2D eigenvalue weighted by Gasteiger charge is 2.23. The van der Waals surface area contributed by atoms with E-state index in [4.69, 9.17) is 9.26 Å². The van der Waals surface area contributed by atoms with Crippen LogP contribution in [0.15, 0.2) is 44.8 Å². The van der Waals surface area contributed by atoms with Gasteiger partial charge in [0.15, 0.2) is 11.0 Å². The molecule has 1 N–H and O–H groups in total. The number of rotatable bonds is 6. The minimum Gasteiger partial charge on any atom is -0.376 e. The molecule has 2 aromatic heterocycles. The van der Waals surface area contributed by atoms with Gasteiger partial charge in [0.2, 0.25) is 5.91 Å². The van der Waals surface area contributed by atoms with Crippen LogP contribution in [-0.2, 0) is 16.1 Å². The van der Waals surface area contributed by atoms with E-state index in [0.29, 0.717) is 40.8 Å². The molecule has 0 aliphatic carbocycles. The number of nitrogens with zero attached hydrogens (tertiary/aromatic N) is 3. The maximum atomic E-state index is 13.1. The van der Waals surface area contributed by atoms with Crippen molar-refractivity contribution in [3.8, 4) is 0 Å². The number of hydrogen-bond acceptors (Lipinski definition) is 7. The summed E-state index contributed by atoms with van der Waals surface area (Å²) in [7, 11) is 0. The Labute approximate surface area is 171 Å². The molecule has 29 heavy (non-hydrogen) atoms. The molecule has 4 rings (SSSR count). The maximum Gasteiger partial charge on any atom is 0.262 e. The van der Waals surface area contributed by atoms with Crippen molar-refractivity contribution in [2.75, 3.05) is 11.9 Å². The molecule has 0 bridgehead atoms. The van der Waals surface area contributed by atoms with Gasteiger partial charge in [0.25, 0.3) is 5.56 Å². The number of hydrogen-bond donors (Lipinski definition) is 1. The van der Waals surface area contributed by atoms with Gasteiger partial charge in [-0.25, -0.2) is 4.98 Å². The number of aromatic nitrogens is 3. The first-order chi connectivity index (χ1) is 14.0. The summed E-state index contributed by atoms with van der Waals surface area (Å²) in [5.41, 5.74) is 0.497. The van der Waals surface area contributed by atoms with E-state index in [1.807, 2.05) is 12.1 Å². The number of fused-ring (bicyclic) bond motifs is 1. The molecule has 152 valence electrons. The molecule has 0 spiro atoms. The Bertz CT molecular complexity index is 1090. The van der Waals surface area contributed by atoms with Gasteiger partial charge in [-0.15, -0.1) is 0 Å². The third-order valence-corrected chi connectivity index (χ3v) is 5.86. The van der Waals surface area contributed by atoms with Crippen LogP contribution in [0.25, 0.3) is 10.9 Å². The van der Waals surface area contributed by atoms with Crippen molar-refractivity contribution in [2.24, 2.45) is 0 Å². The predicted octanol–water partition coefficient (Wildman–Crippen LogP) is 2.99. The lowest BCUT2D eigenvalue weighted by molar-refractivity contribution is -0.115. The van der Waals surface area contributed by atoms with Crippen molar-refractivity contribution in [2.45, 2.75) is 49.7 Å². The van der Waals surface area contributed by atoms with Crippen LogP contribution >= 0.6 is 11.8 Å². The number of thioether (sulfide) groups is 1. The SMILES string of the molecule is Cc1cc(NC(=O)[C@@H](C)Sc2nc3ccccc3c(=O)n2C[C@H]2CCCO2)no1. The largest absolute Gasteiger partial charge is 0.376 e. The number of para-hydroxylation sites is 1. The summed E-state index contributed by atoms with van der Waals surface area (Å²) in [6.07, 6.45) is 1.88. The quantitative estimate of drug-likeness (QED) is 0.489. The van der Waals surface area contributed by atoms with Gasteiger partial charge in [0, 0.05) is 12.7 Å². The Kier molecular flexibility index (Phi) is 5.68. The zero-order chi connectivity index (χ0) is 20.4. The smallest absolute Gasteiger partial charge is 0.262 e. The van der Waals surface area contributed by atoms with Gasteiger partial charge >= 0.3 is 0 Å². The summed E-state index contributed by atoms with van der Waals surface area (Å²) < 4.78 is 12.3. The van der Waals surface area contributed by atoms with E-state index in [-0.39, 0.29) is 17.6 Å². The van der Waals surface area contributed by atoms with Crippen LogP contribution in [-0.4, -0.2) is 38.6 Å². The van der Waals surface area contributed by atoms with Gasteiger partial charge in [-0.2, -0.15) is 0 Å². The number of ether oxygens (including phenoxy) is 1. The first kappa shape index (κ1) is 19.7. The summed E-state index contributed by atoms with van der Waals surface area (Å²) in [5, 5.41) is 7.08. The Morgan fingerprint density at radius 1 is 1.41 bits per heavy atom. The number of benzene rings is 1. The molecule has 0 radical (unpaired) electrons. The molecule has 8 nitrogen and oxygen atoms in total. The van der Waals surface area contributed by atoms with E-state index in [0.717, 1.165) is 12.8 Å². The van der Waals surface area contributed by atoms with Crippen molar-refractivity contribution in [1.29, 1.82) is 0 Å². The van der Waals surface area contributed by atoms with E-state index in [1.165, 1.54) is 11.8 Å². The second-order valence-electron chi connectivity index (χ2n) is 7.03. The summed E-state index contributed by atoms with van der Waals surface area (Å²) in [4.78, 5) is 30.4. The van der Waals surface area contributed by atoms with Crippen LogP contribution in [0.5, 0.6) is 0 Å². The van der Waals surface area contributed by atoms with Crippen LogP contribution in [0.1, 0.15) is 25.5 Å². The molecular formula is C20H22N4O4S. The number of nitrogens with one attached hydrogen (secondary N) is 1. The summed E-state index contributed by atoms with van der Waals surface area (Å²) in [6, 6.07) is 8.90. The molecule has 0 unspecified atom stereocenters. The monoisotopic (exact) mass is 414 g/mol. The summed E-state index contributed by atoms with van der Waals surface area (Å²) in [6.45, 7) is 4.66. The van der Waals surface area contributed by atoms with Crippen molar-refractivity contribution in [1.82, 2.24) is 14.7 Å².